The zero-order valence-corrected chi connectivity index (χ0v) is 17.0. The maximum absolute atomic E-state index is 12.1. The van der Waals surface area contributed by atoms with E-state index in [1.807, 2.05) is 42.5 Å². The number of hydrogen-bond donors (Lipinski definition) is 1. The summed E-state index contributed by atoms with van der Waals surface area (Å²) in [6, 6.07) is 13.0. The molecule has 7 nitrogen and oxygen atoms in total. The van der Waals surface area contributed by atoms with Crippen molar-refractivity contribution in [2.24, 2.45) is 5.92 Å². The third kappa shape index (κ3) is 4.71. The first-order valence-electron chi connectivity index (χ1n) is 9.32. The van der Waals surface area contributed by atoms with Crippen molar-refractivity contribution in [3.8, 4) is 23.0 Å². The normalized spacial score (nSPS) is 12.4. The molecule has 0 saturated carbocycles. The number of amides is 1. The maximum Gasteiger partial charge on any atom is 0.277 e. The summed E-state index contributed by atoms with van der Waals surface area (Å²) in [4.78, 5) is 12.1. The van der Waals surface area contributed by atoms with Crippen LogP contribution in [0.5, 0.6) is 11.5 Å². The van der Waals surface area contributed by atoms with Crippen molar-refractivity contribution in [2.45, 2.75) is 24.8 Å². The van der Waals surface area contributed by atoms with Crippen LogP contribution >= 0.6 is 11.8 Å². The van der Waals surface area contributed by atoms with Crippen molar-refractivity contribution in [1.82, 2.24) is 15.5 Å². The molecule has 8 heteroatoms. The number of carbonyl (C=O) groups excluding carboxylic acids is 1. The molecule has 0 spiro atoms. The predicted molar refractivity (Wildman–Crippen MR) is 109 cm³/mol. The topological polar surface area (TPSA) is 86.5 Å². The van der Waals surface area contributed by atoms with E-state index in [4.69, 9.17) is 13.9 Å². The predicted octanol–water partition coefficient (Wildman–Crippen LogP) is 4.14. The molecule has 0 radical (unpaired) electrons. The molecule has 0 atom stereocenters. The summed E-state index contributed by atoms with van der Waals surface area (Å²) in [7, 11) is 0. The number of ether oxygens (including phenoxy) is 2. The first kappa shape index (κ1) is 19.3. The Morgan fingerprint density at radius 3 is 2.69 bits per heavy atom. The molecule has 1 aliphatic heterocycles. The minimum atomic E-state index is -0.0526. The molecule has 0 bridgehead atoms. The average molecular weight is 411 g/mol. The molecule has 1 aliphatic rings. The molecule has 3 aromatic rings. The third-order valence-corrected chi connectivity index (χ3v) is 5.16. The fraction of sp³-hybridized carbons (Fsp3) is 0.286. The largest absolute Gasteiger partial charge is 0.454 e. The number of carbonyl (C=O) groups is 1. The molecule has 0 aliphatic carbocycles. The summed E-state index contributed by atoms with van der Waals surface area (Å²) < 4.78 is 16.4. The number of thioether (sulfide) groups is 1. The van der Waals surface area contributed by atoms with Gasteiger partial charge in [0.25, 0.3) is 11.1 Å². The summed E-state index contributed by atoms with van der Waals surface area (Å²) in [5, 5.41) is 11.6. The van der Waals surface area contributed by atoms with Crippen LogP contribution in [0.2, 0.25) is 0 Å². The lowest BCUT2D eigenvalue weighted by Crippen LogP contribution is -2.27. The van der Waals surface area contributed by atoms with Gasteiger partial charge in [0, 0.05) is 23.4 Å². The molecular formula is C21H21N3O4S. The second-order valence-electron chi connectivity index (χ2n) is 7.03. The van der Waals surface area contributed by atoms with Gasteiger partial charge in [0.2, 0.25) is 12.7 Å². The maximum atomic E-state index is 12.1. The van der Waals surface area contributed by atoms with E-state index >= 15 is 0 Å². The van der Waals surface area contributed by atoms with Gasteiger partial charge in [-0.2, -0.15) is 0 Å². The van der Waals surface area contributed by atoms with Crippen molar-refractivity contribution < 1.29 is 18.7 Å². The second kappa shape index (κ2) is 8.57. The Bertz CT molecular complexity index is 1000. The summed E-state index contributed by atoms with van der Waals surface area (Å²) in [6.45, 7) is 5.02. The summed E-state index contributed by atoms with van der Waals surface area (Å²) in [5.74, 6) is 2.85. The molecule has 0 fully saturated rings. The molecular weight excluding hydrogens is 390 g/mol. The molecule has 150 valence electrons. The molecule has 1 amide bonds. The van der Waals surface area contributed by atoms with Crippen LogP contribution in [0.3, 0.4) is 0 Å². The van der Waals surface area contributed by atoms with Crippen molar-refractivity contribution in [1.29, 1.82) is 0 Å². The van der Waals surface area contributed by atoms with Crippen LogP contribution in [0.1, 0.15) is 29.8 Å². The lowest BCUT2D eigenvalue weighted by Gasteiger charge is -2.08. The molecule has 0 saturated heterocycles. The van der Waals surface area contributed by atoms with E-state index in [1.165, 1.54) is 11.8 Å². The zero-order valence-electron chi connectivity index (χ0n) is 16.2. The fourth-order valence-corrected chi connectivity index (χ4v) is 3.43. The lowest BCUT2D eigenvalue weighted by molar-refractivity contribution is 0.0949. The molecule has 4 rings (SSSR count). The van der Waals surface area contributed by atoms with Crippen molar-refractivity contribution in [2.75, 3.05) is 13.3 Å². The van der Waals surface area contributed by atoms with Gasteiger partial charge in [-0.3, -0.25) is 4.79 Å². The van der Waals surface area contributed by atoms with Crippen molar-refractivity contribution in [3.63, 3.8) is 0 Å². The highest BCUT2D eigenvalue weighted by Gasteiger charge is 2.17. The minimum Gasteiger partial charge on any atom is -0.454 e. The van der Waals surface area contributed by atoms with E-state index in [1.54, 1.807) is 0 Å². The highest BCUT2D eigenvalue weighted by atomic mass is 32.2. The highest BCUT2D eigenvalue weighted by molar-refractivity contribution is 7.98. The van der Waals surface area contributed by atoms with Gasteiger partial charge in [-0.15, -0.1) is 10.2 Å². The van der Waals surface area contributed by atoms with E-state index in [9.17, 15) is 4.79 Å². The van der Waals surface area contributed by atoms with Gasteiger partial charge in [0.05, 0.1) is 0 Å². The van der Waals surface area contributed by atoms with Crippen LogP contribution < -0.4 is 14.8 Å². The Morgan fingerprint density at radius 2 is 1.90 bits per heavy atom. The fourth-order valence-electron chi connectivity index (χ4n) is 2.71. The Hall–Kier alpha value is -3.00. The van der Waals surface area contributed by atoms with Gasteiger partial charge in [-0.1, -0.05) is 37.7 Å². The van der Waals surface area contributed by atoms with E-state index in [2.05, 4.69) is 29.4 Å². The van der Waals surface area contributed by atoms with Crippen molar-refractivity contribution >= 4 is 17.7 Å². The van der Waals surface area contributed by atoms with Crippen LogP contribution in [0, 0.1) is 5.92 Å². The van der Waals surface area contributed by atoms with Gasteiger partial charge in [-0.25, -0.2) is 0 Å². The standard InChI is InChI=1S/C21H21N3O4S/c1-13(2)10-22-19(25)15-5-3-14(4-6-15)11-29-21-24-23-20(28-21)16-7-8-17-18(9-16)27-12-26-17/h3-9,13H,10-12H2,1-2H3,(H,22,25). The number of nitrogens with zero attached hydrogens (tertiary/aromatic N) is 2. The Labute approximate surface area is 172 Å². The molecule has 2 aromatic carbocycles. The Balaban J connectivity index is 1.34. The van der Waals surface area contributed by atoms with Gasteiger partial charge in [0.15, 0.2) is 11.5 Å². The van der Waals surface area contributed by atoms with Gasteiger partial charge >= 0.3 is 0 Å². The number of fused-ring (bicyclic) bond motifs is 1. The quantitative estimate of drug-likeness (QED) is 0.585. The summed E-state index contributed by atoms with van der Waals surface area (Å²) >= 11 is 1.45. The van der Waals surface area contributed by atoms with Gasteiger partial charge < -0.3 is 19.2 Å². The van der Waals surface area contributed by atoms with E-state index in [-0.39, 0.29) is 12.7 Å². The first-order valence-corrected chi connectivity index (χ1v) is 10.3. The Kier molecular flexibility index (Phi) is 5.71. The molecule has 1 aromatic heterocycles. The summed E-state index contributed by atoms with van der Waals surface area (Å²) in [6.07, 6.45) is 0. The second-order valence-corrected chi connectivity index (χ2v) is 7.96. The monoisotopic (exact) mass is 411 g/mol. The Morgan fingerprint density at radius 1 is 1.10 bits per heavy atom. The number of benzene rings is 2. The first-order chi connectivity index (χ1) is 14.1. The number of aromatic nitrogens is 2. The third-order valence-electron chi connectivity index (χ3n) is 4.28. The van der Waals surface area contributed by atoms with Crippen LogP contribution in [0.15, 0.2) is 52.1 Å². The van der Waals surface area contributed by atoms with E-state index in [0.29, 0.717) is 46.4 Å². The smallest absolute Gasteiger partial charge is 0.277 e. The molecule has 2 heterocycles. The molecule has 0 unspecified atom stereocenters. The minimum absolute atomic E-state index is 0.0526. The van der Waals surface area contributed by atoms with E-state index in [0.717, 1.165) is 11.1 Å². The van der Waals surface area contributed by atoms with Gasteiger partial charge in [0.1, 0.15) is 0 Å². The average Bonchev–Trinajstić information content (AvgIpc) is 3.39. The van der Waals surface area contributed by atoms with Crippen LogP contribution in [0.25, 0.3) is 11.5 Å². The summed E-state index contributed by atoms with van der Waals surface area (Å²) in [5.41, 5.74) is 2.51. The van der Waals surface area contributed by atoms with Crippen LogP contribution in [-0.2, 0) is 5.75 Å². The SMILES string of the molecule is CC(C)CNC(=O)c1ccc(CSc2nnc(-c3ccc4c(c3)OCO4)o2)cc1. The van der Waals surface area contributed by atoms with E-state index < -0.39 is 0 Å². The van der Waals surface area contributed by atoms with Crippen LogP contribution in [-0.4, -0.2) is 29.4 Å². The lowest BCUT2D eigenvalue weighted by atomic mass is 10.1. The number of rotatable bonds is 7. The number of nitrogens with one attached hydrogen (secondary N) is 1. The number of hydrogen-bond acceptors (Lipinski definition) is 7. The van der Waals surface area contributed by atoms with Crippen molar-refractivity contribution in [3.05, 3.63) is 53.6 Å². The molecule has 1 N–H and O–H groups in total. The highest BCUT2D eigenvalue weighted by Crippen LogP contribution is 2.36. The van der Waals surface area contributed by atoms with Crippen LogP contribution in [0.4, 0.5) is 0 Å². The zero-order chi connectivity index (χ0) is 20.2. The van der Waals surface area contributed by atoms with Gasteiger partial charge in [-0.05, 0) is 41.8 Å². The molecule has 29 heavy (non-hydrogen) atoms.